The van der Waals surface area contributed by atoms with Crippen molar-refractivity contribution in [2.24, 2.45) is 0 Å². The Morgan fingerprint density at radius 1 is 1.19 bits per heavy atom. The summed E-state index contributed by atoms with van der Waals surface area (Å²) in [5.74, 6) is 0.508. The number of likely N-dealkylation sites (tertiary alicyclic amines) is 1. The summed E-state index contributed by atoms with van der Waals surface area (Å²) in [5.41, 5.74) is 0.762. The summed E-state index contributed by atoms with van der Waals surface area (Å²) >= 11 is 1.53. The van der Waals surface area contributed by atoms with E-state index in [0.29, 0.717) is 18.8 Å². The number of halogens is 1. The molecule has 0 radical (unpaired) electrons. The quantitative estimate of drug-likeness (QED) is 0.867. The molecule has 1 aromatic carbocycles. The Morgan fingerprint density at radius 3 is 2.52 bits per heavy atom. The second kappa shape index (κ2) is 6.26. The molecule has 5 heteroatoms. The smallest absolute Gasteiger partial charge is 0.254 e. The van der Waals surface area contributed by atoms with Crippen molar-refractivity contribution < 1.29 is 13.9 Å². The molecule has 0 bridgehead atoms. The van der Waals surface area contributed by atoms with Crippen LogP contribution in [0, 0.1) is 5.82 Å². The van der Waals surface area contributed by atoms with Crippen LogP contribution in [0.25, 0.3) is 0 Å². The van der Waals surface area contributed by atoms with E-state index in [2.05, 4.69) is 0 Å². The zero-order valence-corrected chi connectivity index (χ0v) is 12.3. The maximum Gasteiger partial charge on any atom is 0.254 e. The van der Waals surface area contributed by atoms with E-state index in [4.69, 9.17) is 4.74 Å². The molecule has 1 aliphatic rings. The molecule has 21 heavy (non-hydrogen) atoms. The van der Waals surface area contributed by atoms with Gasteiger partial charge in [0.05, 0.1) is 5.56 Å². The maximum absolute atomic E-state index is 12.8. The lowest BCUT2D eigenvalue weighted by molar-refractivity contribution is 0.0596. The molecule has 2 aromatic rings. The molecule has 110 valence electrons. The van der Waals surface area contributed by atoms with Crippen LogP contribution in [0.3, 0.4) is 0 Å². The van der Waals surface area contributed by atoms with E-state index < -0.39 is 0 Å². The summed E-state index contributed by atoms with van der Waals surface area (Å²) in [6.07, 6.45) is 1.68. The number of rotatable bonds is 3. The minimum absolute atomic E-state index is 0.0852. The highest BCUT2D eigenvalue weighted by atomic mass is 32.1. The average molecular weight is 305 g/mol. The van der Waals surface area contributed by atoms with Crippen molar-refractivity contribution in [2.75, 3.05) is 13.1 Å². The summed E-state index contributed by atoms with van der Waals surface area (Å²) in [4.78, 5) is 14.1. The van der Waals surface area contributed by atoms with Crippen molar-refractivity contribution >= 4 is 17.2 Å². The van der Waals surface area contributed by atoms with Gasteiger partial charge in [0.1, 0.15) is 17.7 Å². The zero-order chi connectivity index (χ0) is 14.7. The number of ether oxygens (including phenoxy) is 1. The van der Waals surface area contributed by atoms with Gasteiger partial charge in [-0.05, 0) is 35.7 Å². The fraction of sp³-hybridized carbons (Fsp3) is 0.312. The number of carbonyl (C=O) groups is 1. The molecule has 1 saturated heterocycles. The van der Waals surface area contributed by atoms with Gasteiger partial charge in [-0.1, -0.05) is 0 Å². The molecule has 0 atom stereocenters. The number of hydrogen-bond acceptors (Lipinski definition) is 3. The Labute approximate surface area is 127 Å². The fourth-order valence-electron chi connectivity index (χ4n) is 2.45. The van der Waals surface area contributed by atoms with E-state index in [-0.39, 0.29) is 17.8 Å². The Bertz CT molecular complexity index is 589. The lowest BCUT2D eigenvalue weighted by Gasteiger charge is -2.32. The first-order valence-electron chi connectivity index (χ1n) is 6.96. The van der Waals surface area contributed by atoms with Gasteiger partial charge in [-0.25, -0.2) is 4.39 Å². The van der Waals surface area contributed by atoms with Gasteiger partial charge < -0.3 is 9.64 Å². The maximum atomic E-state index is 12.8. The molecular weight excluding hydrogens is 289 g/mol. The average Bonchev–Trinajstić information content (AvgIpc) is 3.04. The number of nitrogens with zero attached hydrogens (tertiary/aromatic N) is 1. The standard InChI is InChI=1S/C16H16FNO2S/c17-13-1-3-14(4-2-13)20-15-5-8-18(9-6-15)16(19)12-7-10-21-11-12/h1-4,7,10-11,15H,5-6,8-9H2. The van der Waals surface area contributed by atoms with E-state index in [1.54, 1.807) is 12.1 Å². The van der Waals surface area contributed by atoms with Crippen LogP contribution < -0.4 is 4.74 Å². The minimum atomic E-state index is -0.265. The fourth-order valence-corrected chi connectivity index (χ4v) is 3.08. The van der Waals surface area contributed by atoms with Crippen LogP contribution in [0.2, 0.25) is 0 Å². The Hall–Kier alpha value is -1.88. The number of benzene rings is 1. The molecule has 0 spiro atoms. The Balaban J connectivity index is 1.53. The highest BCUT2D eigenvalue weighted by molar-refractivity contribution is 7.08. The van der Waals surface area contributed by atoms with Crippen LogP contribution in [-0.2, 0) is 0 Å². The Kier molecular flexibility index (Phi) is 4.20. The lowest BCUT2D eigenvalue weighted by Crippen LogP contribution is -2.41. The SMILES string of the molecule is O=C(c1ccsc1)N1CCC(Oc2ccc(F)cc2)CC1. The summed E-state index contributed by atoms with van der Waals surface area (Å²) < 4.78 is 18.7. The molecule has 3 rings (SSSR count). The molecule has 0 aliphatic carbocycles. The summed E-state index contributed by atoms with van der Waals surface area (Å²) in [7, 11) is 0. The predicted octanol–water partition coefficient (Wildman–Crippen LogP) is 3.57. The van der Waals surface area contributed by atoms with Gasteiger partial charge in [0.15, 0.2) is 0 Å². The van der Waals surface area contributed by atoms with E-state index in [1.807, 2.05) is 21.7 Å². The molecule has 1 aliphatic heterocycles. The first-order valence-corrected chi connectivity index (χ1v) is 7.90. The van der Waals surface area contributed by atoms with Crippen molar-refractivity contribution in [3.8, 4) is 5.75 Å². The third-order valence-corrected chi connectivity index (χ3v) is 4.30. The van der Waals surface area contributed by atoms with E-state index in [0.717, 1.165) is 18.4 Å². The number of piperidine rings is 1. The largest absolute Gasteiger partial charge is 0.490 e. The first-order chi connectivity index (χ1) is 10.2. The van der Waals surface area contributed by atoms with Crippen molar-refractivity contribution in [3.05, 3.63) is 52.5 Å². The molecular formula is C16H16FNO2S. The minimum Gasteiger partial charge on any atom is -0.490 e. The Morgan fingerprint density at radius 2 is 1.90 bits per heavy atom. The second-order valence-electron chi connectivity index (χ2n) is 5.08. The third kappa shape index (κ3) is 3.42. The van der Waals surface area contributed by atoms with Gasteiger partial charge in [0.25, 0.3) is 5.91 Å². The van der Waals surface area contributed by atoms with Crippen molar-refractivity contribution in [3.63, 3.8) is 0 Å². The van der Waals surface area contributed by atoms with Crippen molar-refractivity contribution in [1.82, 2.24) is 4.90 Å². The molecule has 3 nitrogen and oxygen atoms in total. The van der Waals surface area contributed by atoms with Crippen LogP contribution in [0.1, 0.15) is 23.2 Å². The van der Waals surface area contributed by atoms with Crippen molar-refractivity contribution in [2.45, 2.75) is 18.9 Å². The topological polar surface area (TPSA) is 29.5 Å². The zero-order valence-electron chi connectivity index (χ0n) is 11.5. The highest BCUT2D eigenvalue weighted by Gasteiger charge is 2.24. The summed E-state index contributed by atoms with van der Waals surface area (Å²) in [6.45, 7) is 1.39. The highest BCUT2D eigenvalue weighted by Crippen LogP contribution is 2.21. The number of hydrogen-bond donors (Lipinski definition) is 0. The number of amides is 1. The van der Waals surface area contributed by atoms with Crippen LogP contribution >= 0.6 is 11.3 Å². The molecule has 2 heterocycles. The van der Waals surface area contributed by atoms with Gasteiger partial charge in [0, 0.05) is 31.3 Å². The van der Waals surface area contributed by atoms with Gasteiger partial charge in [-0.2, -0.15) is 11.3 Å². The van der Waals surface area contributed by atoms with E-state index in [1.165, 1.54) is 23.5 Å². The monoisotopic (exact) mass is 305 g/mol. The molecule has 1 aromatic heterocycles. The normalized spacial score (nSPS) is 16.0. The lowest BCUT2D eigenvalue weighted by atomic mass is 10.1. The van der Waals surface area contributed by atoms with Gasteiger partial charge >= 0.3 is 0 Å². The third-order valence-electron chi connectivity index (χ3n) is 3.61. The predicted molar refractivity (Wildman–Crippen MR) is 80.3 cm³/mol. The molecule has 0 N–H and O–H groups in total. The summed E-state index contributed by atoms with van der Waals surface area (Å²) in [6, 6.07) is 7.92. The van der Waals surface area contributed by atoms with Crippen LogP contribution in [0.4, 0.5) is 4.39 Å². The van der Waals surface area contributed by atoms with E-state index in [9.17, 15) is 9.18 Å². The van der Waals surface area contributed by atoms with Crippen molar-refractivity contribution in [1.29, 1.82) is 0 Å². The first kappa shape index (κ1) is 14.1. The molecule has 0 unspecified atom stereocenters. The van der Waals surface area contributed by atoms with Crippen LogP contribution in [0.5, 0.6) is 5.75 Å². The summed E-state index contributed by atoms with van der Waals surface area (Å²) in [5, 5.41) is 3.79. The van der Waals surface area contributed by atoms with Gasteiger partial charge in [-0.3, -0.25) is 4.79 Å². The molecule has 0 saturated carbocycles. The van der Waals surface area contributed by atoms with Crippen LogP contribution in [0.15, 0.2) is 41.1 Å². The molecule has 1 fully saturated rings. The van der Waals surface area contributed by atoms with Gasteiger partial charge in [0.2, 0.25) is 0 Å². The van der Waals surface area contributed by atoms with E-state index >= 15 is 0 Å². The number of thiophene rings is 1. The number of carbonyl (C=O) groups excluding carboxylic acids is 1. The van der Waals surface area contributed by atoms with Gasteiger partial charge in [-0.15, -0.1) is 0 Å². The van der Waals surface area contributed by atoms with Crippen LogP contribution in [-0.4, -0.2) is 30.0 Å². The molecule has 1 amide bonds. The second-order valence-corrected chi connectivity index (χ2v) is 5.86.